The third kappa shape index (κ3) is 6.42. The molecule has 0 aromatic heterocycles. The van der Waals surface area contributed by atoms with Crippen molar-refractivity contribution in [3.8, 4) is 11.5 Å². The number of rotatable bonds is 9. The lowest BCUT2D eigenvalue weighted by molar-refractivity contribution is -0.384. The van der Waals surface area contributed by atoms with Crippen molar-refractivity contribution < 1.29 is 24.0 Å². The number of hydrogen-bond donors (Lipinski definition) is 1. The summed E-state index contributed by atoms with van der Waals surface area (Å²) >= 11 is 0. The number of carbonyl (C=O) groups is 2. The molecule has 0 fully saturated rings. The topological polar surface area (TPSA) is 108 Å². The molecule has 0 bridgehead atoms. The van der Waals surface area contributed by atoms with Crippen LogP contribution in [-0.2, 0) is 20.9 Å². The third-order valence-corrected chi connectivity index (χ3v) is 5.20. The van der Waals surface area contributed by atoms with Crippen LogP contribution in [0, 0.1) is 10.1 Å². The molecule has 1 N–H and O–H groups in total. The minimum absolute atomic E-state index is 0.00531. The van der Waals surface area contributed by atoms with Gasteiger partial charge in [0.25, 0.3) is 5.69 Å². The molecule has 0 saturated heterocycles. The number of esters is 1. The molecule has 176 valence electrons. The molecule has 4 aromatic rings. The van der Waals surface area contributed by atoms with E-state index >= 15 is 0 Å². The zero-order valence-electron chi connectivity index (χ0n) is 18.7. The average Bonchev–Trinajstić information content (AvgIpc) is 2.87. The fourth-order valence-electron chi connectivity index (χ4n) is 3.47. The summed E-state index contributed by atoms with van der Waals surface area (Å²) in [4.78, 5) is 34.8. The minimum atomic E-state index is -0.486. The Kier molecular flexibility index (Phi) is 7.32. The van der Waals surface area contributed by atoms with Crippen molar-refractivity contribution in [2.45, 2.75) is 19.4 Å². The van der Waals surface area contributed by atoms with Crippen LogP contribution >= 0.6 is 0 Å². The van der Waals surface area contributed by atoms with Crippen molar-refractivity contribution in [2.24, 2.45) is 0 Å². The van der Waals surface area contributed by atoms with Crippen molar-refractivity contribution in [3.05, 3.63) is 107 Å². The first-order valence-corrected chi connectivity index (χ1v) is 10.9. The molecule has 4 aromatic carbocycles. The first kappa shape index (κ1) is 23.4. The number of anilines is 1. The number of benzene rings is 4. The lowest BCUT2D eigenvalue weighted by Crippen LogP contribution is -2.14. The molecule has 8 nitrogen and oxygen atoms in total. The van der Waals surface area contributed by atoms with Gasteiger partial charge in [-0.2, -0.15) is 0 Å². The Labute approximate surface area is 201 Å². The van der Waals surface area contributed by atoms with E-state index in [2.05, 4.69) is 5.32 Å². The molecule has 8 heteroatoms. The smallest absolute Gasteiger partial charge is 0.306 e. The van der Waals surface area contributed by atoms with Gasteiger partial charge in [-0.3, -0.25) is 19.7 Å². The number of fused-ring (bicyclic) bond motifs is 1. The molecule has 0 aliphatic rings. The van der Waals surface area contributed by atoms with Crippen LogP contribution in [0.4, 0.5) is 11.4 Å². The van der Waals surface area contributed by atoms with Crippen LogP contribution in [0.2, 0.25) is 0 Å². The standard InChI is InChI=1S/C27H22N2O6/c30-26(28-25-10-4-7-20-6-1-2-9-24(20)25)15-16-27(31)34-18-19-5-3-8-23(17-19)35-22-13-11-21(12-14-22)29(32)33/h1-14,17H,15-16,18H2,(H,28,30). The van der Waals surface area contributed by atoms with Crippen LogP contribution in [0.3, 0.4) is 0 Å². The fraction of sp³-hybridized carbons (Fsp3) is 0.111. The van der Waals surface area contributed by atoms with E-state index in [1.807, 2.05) is 42.5 Å². The molecule has 0 saturated carbocycles. The van der Waals surface area contributed by atoms with E-state index in [-0.39, 0.29) is 31.0 Å². The number of nitrogens with one attached hydrogen (secondary N) is 1. The van der Waals surface area contributed by atoms with Gasteiger partial charge >= 0.3 is 5.97 Å². The highest BCUT2D eigenvalue weighted by Crippen LogP contribution is 2.25. The first-order chi connectivity index (χ1) is 17.0. The van der Waals surface area contributed by atoms with Crippen LogP contribution in [0.25, 0.3) is 10.8 Å². The average molecular weight is 470 g/mol. The van der Waals surface area contributed by atoms with Gasteiger partial charge in [-0.15, -0.1) is 0 Å². The molecule has 1 amide bonds. The molecular formula is C27H22N2O6. The van der Waals surface area contributed by atoms with E-state index < -0.39 is 10.9 Å². The Balaban J connectivity index is 1.25. The second-order valence-electron chi connectivity index (χ2n) is 7.74. The molecule has 0 atom stereocenters. The van der Waals surface area contributed by atoms with Crippen molar-refractivity contribution >= 4 is 34.0 Å². The molecular weight excluding hydrogens is 448 g/mol. The summed E-state index contributed by atoms with van der Waals surface area (Å²) in [6, 6.07) is 26.1. The predicted molar refractivity (Wildman–Crippen MR) is 131 cm³/mol. The Morgan fingerprint density at radius 3 is 2.37 bits per heavy atom. The van der Waals surface area contributed by atoms with Crippen LogP contribution in [0.1, 0.15) is 18.4 Å². The Morgan fingerprint density at radius 1 is 0.829 bits per heavy atom. The molecule has 0 unspecified atom stereocenters. The summed E-state index contributed by atoms with van der Waals surface area (Å²) in [5.74, 6) is 0.195. The minimum Gasteiger partial charge on any atom is -0.461 e. The van der Waals surface area contributed by atoms with E-state index in [1.54, 1.807) is 24.3 Å². The van der Waals surface area contributed by atoms with Gasteiger partial charge in [0.1, 0.15) is 18.1 Å². The van der Waals surface area contributed by atoms with Crippen LogP contribution in [-0.4, -0.2) is 16.8 Å². The molecule has 4 rings (SSSR count). The van der Waals surface area contributed by atoms with Crippen LogP contribution in [0.5, 0.6) is 11.5 Å². The first-order valence-electron chi connectivity index (χ1n) is 10.9. The van der Waals surface area contributed by atoms with Gasteiger partial charge in [0.05, 0.1) is 11.3 Å². The fourth-order valence-corrected chi connectivity index (χ4v) is 3.47. The van der Waals surface area contributed by atoms with E-state index in [0.29, 0.717) is 22.7 Å². The summed E-state index contributed by atoms with van der Waals surface area (Å²) in [5.41, 5.74) is 1.38. The van der Waals surface area contributed by atoms with Crippen molar-refractivity contribution in [1.29, 1.82) is 0 Å². The lowest BCUT2D eigenvalue weighted by Gasteiger charge is -2.10. The van der Waals surface area contributed by atoms with Gasteiger partial charge in [0.2, 0.25) is 5.91 Å². The summed E-state index contributed by atoms with van der Waals surface area (Å²) < 4.78 is 11.0. The maximum Gasteiger partial charge on any atom is 0.306 e. The van der Waals surface area contributed by atoms with E-state index in [9.17, 15) is 19.7 Å². The van der Waals surface area contributed by atoms with Crippen LogP contribution in [0.15, 0.2) is 91.0 Å². The summed E-state index contributed by atoms with van der Waals surface area (Å²) in [7, 11) is 0. The SMILES string of the molecule is O=C(CCC(=O)OCc1cccc(Oc2ccc([N+](=O)[O-])cc2)c1)Nc1cccc2ccccc12. The summed E-state index contributed by atoms with van der Waals surface area (Å²) in [5, 5.41) is 15.6. The highest BCUT2D eigenvalue weighted by molar-refractivity contribution is 6.02. The monoisotopic (exact) mass is 470 g/mol. The number of carbonyl (C=O) groups excluding carboxylic acids is 2. The summed E-state index contributed by atoms with van der Waals surface area (Å²) in [6.45, 7) is 0.0290. The van der Waals surface area contributed by atoms with Gasteiger partial charge in [-0.05, 0) is 41.3 Å². The Hall–Kier alpha value is -4.72. The van der Waals surface area contributed by atoms with Crippen molar-refractivity contribution in [2.75, 3.05) is 5.32 Å². The Morgan fingerprint density at radius 2 is 1.57 bits per heavy atom. The van der Waals surface area contributed by atoms with Crippen LogP contribution < -0.4 is 10.1 Å². The molecule has 0 heterocycles. The highest BCUT2D eigenvalue weighted by atomic mass is 16.6. The number of non-ortho nitro benzene ring substituents is 1. The largest absolute Gasteiger partial charge is 0.461 e. The number of nitro benzene ring substituents is 1. The number of hydrogen-bond acceptors (Lipinski definition) is 6. The van der Waals surface area contributed by atoms with E-state index in [0.717, 1.165) is 10.8 Å². The molecule has 0 aliphatic heterocycles. The summed E-state index contributed by atoms with van der Waals surface area (Å²) in [6.07, 6.45) is -0.0407. The zero-order valence-corrected chi connectivity index (χ0v) is 18.7. The van der Waals surface area contributed by atoms with Gasteiger partial charge in [-0.25, -0.2) is 0 Å². The Bertz CT molecular complexity index is 1360. The molecule has 0 radical (unpaired) electrons. The van der Waals surface area contributed by atoms with E-state index in [4.69, 9.17) is 9.47 Å². The van der Waals surface area contributed by atoms with E-state index in [1.165, 1.54) is 24.3 Å². The number of nitro groups is 1. The molecule has 0 aliphatic carbocycles. The number of ether oxygens (including phenoxy) is 2. The second-order valence-corrected chi connectivity index (χ2v) is 7.74. The maximum absolute atomic E-state index is 12.3. The molecule has 0 spiro atoms. The molecule has 35 heavy (non-hydrogen) atoms. The third-order valence-electron chi connectivity index (χ3n) is 5.20. The van der Waals surface area contributed by atoms with Gasteiger partial charge in [0, 0.05) is 29.6 Å². The lowest BCUT2D eigenvalue weighted by atomic mass is 10.1. The van der Waals surface area contributed by atoms with Gasteiger partial charge < -0.3 is 14.8 Å². The number of amides is 1. The quantitative estimate of drug-likeness (QED) is 0.183. The van der Waals surface area contributed by atoms with Gasteiger partial charge in [0.15, 0.2) is 0 Å². The normalized spacial score (nSPS) is 10.5. The van der Waals surface area contributed by atoms with Gasteiger partial charge in [-0.1, -0.05) is 48.5 Å². The maximum atomic E-state index is 12.3. The zero-order chi connectivity index (χ0) is 24.6. The van der Waals surface area contributed by atoms with Crippen molar-refractivity contribution in [1.82, 2.24) is 0 Å². The highest BCUT2D eigenvalue weighted by Gasteiger charge is 2.11. The number of nitrogens with zero attached hydrogens (tertiary/aromatic N) is 1. The van der Waals surface area contributed by atoms with Crippen molar-refractivity contribution in [3.63, 3.8) is 0 Å². The predicted octanol–water partition coefficient (Wildman–Crippen LogP) is 6.00. The second kappa shape index (κ2) is 10.9.